The highest BCUT2D eigenvalue weighted by Crippen LogP contribution is 2.39. The van der Waals surface area contributed by atoms with Crippen LogP contribution in [0, 0.1) is 12.8 Å². The largest absolute Gasteiger partial charge is 0.417 e. The Morgan fingerprint density at radius 2 is 1.83 bits per heavy atom. The van der Waals surface area contributed by atoms with E-state index < -0.39 is 27.3 Å². The number of H-pyrrole nitrogens is 1. The lowest BCUT2D eigenvalue weighted by molar-refractivity contribution is -0.136. The Morgan fingerprint density at radius 1 is 1.10 bits per heavy atom. The Bertz CT molecular complexity index is 1400. The van der Waals surface area contributed by atoms with Gasteiger partial charge in [-0.2, -0.15) is 13.2 Å². The van der Waals surface area contributed by atoms with Crippen LogP contribution in [0.15, 0.2) is 23.0 Å². The maximum Gasteiger partial charge on any atom is 0.417 e. The molecule has 0 spiro atoms. The number of nitrogens with one attached hydrogen (secondary N) is 2. The molecule has 12 heteroatoms. The maximum atomic E-state index is 13.8. The standard InChI is InChI=1S/C30H43F3N4O4S/c1-3-4-19-42(40,41)36-17-13-22(14-18-36)7-5-9-27(38)34-15-12-23-8-6-16-37(23)26-11-10-25-29(21(26)2)24(30(31,32)33)20-28(39)35-25/h10-11,20,22-23H,3-9,12-19H2,1-2H3,(H,34,38)(H,35,39). The molecule has 2 fully saturated rings. The molecule has 1 aromatic heterocycles. The van der Waals surface area contributed by atoms with Gasteiger partial charge in [0, 0.05) is 61.3 Å². The topological polar surface area (TPSA) is 103 Å². The van der Waals surface area contributed by atoms with Crippen LogP contribution in [-0.2, 0) is 21.0 Å². The second-order valence-corrected chi connectivity index (χ2v) is 13.8. The van der Waals surface area contributed by atoms with E-state index in [1.54, 1.807) is 23.4 Å². The highest BCUT2D eigenvalue weighted by atomic mass is 32.2. The fraction of sp³-hybridized carbons (Fsp3) is 0.667. The van der Waals surface area contributed by atoms with Crippen LogP contribution >= 0.6 is 0 Å². The third-order valence-electron chi connectivity index (χ3n) is 8.77. The van der Waals surface area contributed by atoms with Gasteiger partial charge in [0.25, 0.3) is 0 Å². The van der Waals surface area contributed by atoms with Crippen molar-refractivity contribution in [1.29, 1.82) is 0 Å². The van der Waals surface area contributed by atoms with Gasteiger partial charge < -0.3 is 15.2 Å². The molecule has 2 aliphatic heterocycles. The van der Waals surface area contributed by atoms with Crippen LogP contribution in [0.1, 0.15) is 82.3 Å². The number of nitrogens with zero attached hydrogens (tertiary/aromatic N) is 2. The van der Waals surface area contributed by atoms with Gasteiger partial charge in [0.05, 0.1) is 11.3 Å². The number of hydrogen-bond donors (Lipinski definition) is 2. The van der Waals surface area contributed by atoms with Crippen LogP contribution in [0.5, 0.6) is 0 Å². The summed E-state index contributed by atoms with van der Waals surface area (Å²) in [5, 5.41) is 3.02. The molecule has 1 aromatic carbocycles. The van der Waals surface area contributed by atoms with Gasteiger partial charge in [0.1, 0.15) is 0 Å². The molecule has 234 valence electrons. The molecule has 1 unspecified atom stereocenters. The van der Waals surface area contributed by atoms with Gasteiger partial charge in [-0.05, 0) is 81.9 Å². The van der Waals surface area contributed by atoms with Gasteiger partial charge >= 0.3 is 6.18 Å². The number of fused-ring (bicyclic) bond motifs is 1. The summed E-state index contributed by atoms with van der Waals surface area (Å²) >= 11 is 0. The van der Waals surface area contributed by atoms with Crippen molar-refractivity contribution in [2.75, 3.05) is 36.8 Å². The average molecular weight is 613 g/mol. The van der Waals surface area contributed by atoms with Crippen molar-refractivity contribution in [3.63, 3.8) is 0 Å². The molecule has 2 saturated heterocycles. The molecule has 2 aromatic rings. The Kier molecular flexibility index (Phi) is 10.6. The van der Waals surface area contributed by atoms with Crippen molar-refractivity contribution in [3.05, 3.63) is 39.7 Å². The normalized spacial score (nSPS) is 19.1. The van der Waals surface area contributed by atoms with Gasteiger partial charge in [-0.3, -0.25) is 9.59 Å². The lowest BCUT2D eigenvalue weighted by Crippen LogP contribution is -2.39. The van der Waals surface area contributed by atoms with E-state index in [0.717, 1.165) is 50.6 Å². The molecule has 2 aliphatic rings. The Balaban J connectivity index is 1.25. The number of aromatic amines is 1. The van der Waals surface area contributed by atoms with E-state index in [2.05, 4.69) is 15.2 Å². The number of benzene rings is 1. The summed E-state index contributed by atoms with van der Waals surface area (Å²) in [7, 11) is -3.16. The Hall–Kier alpha value is -2.60. The first-order valence-corrected chi connectivity index (χ1v) is 16.8. The fourth-order valence-electron chi connectivity index (χ4n) is 6.46. The van der Waals surface area contributed by atoms with E-state index in [9.17, 15) is 31.2 Å². The molecule has 1 amide bonds. The van der Waals surface area contributed by atoms with E-state index in [1.807, 2.05) is 6.92 Å². The van der Waals surface area contributed by atoms with Crippen molar-refractivity contribution in [2.45, 2.75) is 90.3 Å². The highest BCUT2D eigenvalue weighted by molar-refractivity contribution is 7.89. The number of rotatable bonds is 12. The number of carbonyl (C=O) groups is 1. The minimum absolute atomic E-state index is 0.0141. The van der Waals surface area contributed by atoms with Gasteiger partial charge in [-0.1, -0.05) is 13.3 Å². The summed E-state index contributed by atoms with van der Waals surface area (Å²) in [4.78, 5) is 29.0. The molecule has 0 radical (unpaired) electrons. The van der Waals surface area contributed by atoms with Crippen LogP contribution in [0.3, 0.4) is 0 Å². The predicted molar refractivity (Wildman–Crippen MR) is 159 cm³/mol. The number of anilines is 1. The number of aryl methyl sites for hydroxylation is 1. The average Bonchev–Trinajstić information content (AvgIpc) is 3.39. The van der Waals surface area contributed by atoms with Crippen LogP contribution in [0.25, 0.3) is 10.9 Å². The number of pyridine rings is 1. The van der Waals surface area contributed by atoms with Gasteiger partial charge in [0.2, 0.25) is 21.5 Å². The molecule has 3 heterocycles. The molecule has 2 N–H and O–H groups in total. The summed E-state index contributed by atoms with van der Waals surface area (Å²) in [6.45, 7) is 5.98. The van der Waals surface area contributed by atoms with Crippen molar-refractivity contribution < 1.29 is 26.4 Å². The minimum atomic E-state index is -4.64. The number of hydrogen-bond acceptors (Lipinski definition) is 5. The number of unbranched alkanes of at least 4 members (excludes halogenated alkanes) is 1. The van der Waals surface area contributed by atoms with E-state index in [0.29, 0.717) is 63.0 Å². The molecule has 0 bridgehead atoms. The van der Waals surface area contributed by atoms with Gasteiger partial charge in [0.15, 0.2) is 0 Å². The summed E-state index contributed by atoms with van der Waals surface area (Å²) in [6, 6.07) is 4.03. The van der Waals surface area contributed by atoms with E-state index in [1.165, 1.54) is 0 Å². The third kappa shape index (κ3) is 7.86. The molecule has 4 rings (SSSR count). The Morgan fingerprint density at radius 3 is 2.52 bits per heavy atom. The number of halogens is 3. The lowest BCUT2D eigenvalue weighted by atomic mass is 9.92. The summed E-state index contributed by atoms with van der Waals surface area (Å²) in [5.74, 6) is 0.638. The van der Waals surface area contributed by atoms with Crippen LogP contribution in [0.2, 0.25) is 0 Å². The number of sulfonamides is 1. The molecule has 1 atom stereocenters. The third-order valence-corrected chi connectivity index (χ3v) is 10.7. The second-order valence-electron chi connectivity index (χ2n) is 11.7. The molecular weight excluding hydrogens is 569 g/mol. The monoisotopic (exact) mass is 612 g/mol. The van der Waals surface area contributed by atoms with Crippen LogP contribution < -0.4 is 15.8 Å². The van der Waals surface area contributed by atoms with Crippen molar-refractivity contribution in [2.24, 2.45) is 5.92 Å². The number of aromatic nitrogens is 1. The van der Waals surface area contributed by atoms with Crippen molar-refractivity contribution >= 4 is 32.5 Å². The first-order valence-electron chi connectivity index (χ1n) is 15.2. The first-order chi connectivity index (χ1) is 19.9. The maximum absolute atomic E-state index is 13.8. The number of carbonyl (C=O) groups excluding carboxylic acids is 1. The second kappa shape index (κ2) is 13.8. The number of piperidine rings is 1. The molecule has 0 aliphatic carbocycles. The Labute approximate surface area is 246 Å². The van der Waals surface area contributed by atoms with Crippen molar-refractivity contribution in [1.82, 2.24) is 14.6 Å². The minimum Gasteiger partial charge on any atom is -0.368 e. The summed E-state index contributed by atoms with van der Waals surface area (Å²) in [6.07, 6.45) is 3.13. The molecule has 42 heavy (non-hydrogen) atoms. The van der Waals surface area contributed by atoms with E-state index in [-0.39, 0.29) is 28.6 Å². The van der Waals surface area contributed by atoms with Crippen molar-refractivity contribution in [3.8, 4) is 0 Å². The lowest BCUT2D eigenvalue weighted by Gasteiger charge is -2.31. The summed E-state index contributed by atoms with van der Waals surface area (Å²) in [5.41, 5.74) is -0.335. The molecule has 8 nitrogen and oxygen atoms in total. The number of amides is 1. The molecule has 0 saturated carbocycles. The zero-order chi connectivity index (χ0) is 30.5. The zero-order valence-corrected chi connectivity index (χ0v) is 25.4. The first kappa shape index (κ1) is 32.3. The van der Waals surface area contributed by atoms with E-state index in [4.69, 9.17) is 0 Å². The molecular formula is C30H43F3N4O4S. The van der Waals surface area contributed by atoms with E-state index >= 15 is 0 Å². The number of alkyl halides is 3. The van der Waals surface area contributed by atoms with Gasteiger partial charge in [-0.25, -0.2) is 12.7 Å². The SMILES string of the molecule is CCCCS(=O)(=O)N1CCC(CCCC(=O)NCCC2CCCN2c2ccc3[nH]c(=O)cc(C(F)(F)F)c3c2C)CC1. The zero-order valence-electron chi connectivity index (χ0n) is 24.6. The smallest absolute Gasteiger partial charge is 0.368 e. The van der Waals surface area contributed by atoms with Crippen LogP contribution in [0.4, 0.5) is 18.9 Å². The highest BCUT2D eigenvalue weighted by Gasteiger charge is 2.35. The predicted octanol–water partition coefficient (Wildman–Crippen LogP) is 5.34. The van der Waals surface area contributed by atoms with Gasteiger partial charge in [-0.15, -0.1) is 0 Å². The van der Waals surface area contributed by atoms with Crippen LogP contribution in [-0.4, -0.2) is 61.6 Å². The fourth-order valence-corrected chi connectivity index (χ4v) is 8.14. The quantitative estimate of drug-likeness (QED) is 0.337. The summed E-state index contributed by atoms with van der Waals surface area (Å²) < 4.78 is 67.7.